The number of pyridine rings is 2. The molecule has 4 aromatic rings. The quantitative estimate of drug-likeness (QED) is 0.339. The number of aromatic amines is 1. The molecule has 1 amide bonds. The molecular weight excluding hydrogens is 507 g/mol. The maximum Gasteiger partial charge on any atom is 0.415 e. The Morgan fingerprint density at radius 1 is 1.14 bits per heavy atom. The summed E-state index contributed by atoms with van der Waals surface area (Å²) >= 11 is 13.0. The van der Waals surface area contributed by atoms with E-state index in [0.29, 0.717) is 38.3 Å². The standard InChI is InChI=1S/C25H24Cl2N4O5/c1-6-35-23(33)20-19(27)21-14(13-7-8-15-16(11-13)17(26)12-28-22(15)32)9-10-18(31(21)29-20)30(5)24(34)36-25(2,3)4/h7-12H,6H2,1-5H3,(H,28,32). The fourth-order valence-corrected chi connectivity index (χ4v) is 4.24. The van der Waals surface area contributed by atoms with Crippen LogP contribution in [0.2, 0.25) is 10.0 Å². The fraction of sp³-hybridized carbons (Fsp3) is 0.280. The summed E-state index contributed by atoms with van der Waals surface area (Å²) in [6, 6.07) is 8.56. The molecule has 3 aromatic heterocycles. The number of rotatable bonds is 4. The van der Waals surface area contributed by atoms with Gasteiger partial charge in [-0.2, -0.15) is 5.10 Å². The minimum Gasteiger partial charge on any atom is -0.461 e. The van der Waals surface area contributed by atoms with E-state index in [2.05, 4.69) is 10.1 Å². The van der Waals surface area contributed by atoms with Crippen LogP contribution in [0, 0.1) is 0 Å². The van der Waals surface area contributed by atoms with Gasteiger partial charge in [-0.05, 0) is 57.5 Å². The second kappa shape index (κ2) is 9.48. The average molecular weight is 531 g/mol. The molecule has 0 radical (unpaired) electrons. The van der Waals surface area contributed by atoms with E-state index in [0.717, 1.165) is 0 Å². The van der Waals surface area contributed by atoms with Gasteiger partial charge in [-0.1, -0.05) is 29.3 Å². The van der Waals surface area contributed by atoms with Crippen molar-refractivity contribution >= 4 is 57.4 Å². The van der Waals surface area contributed by atoms with Crippen LogP contribution < -0.4 is 10.5 Å². The van der Waals surface area contributed by atoms with Gasteiger partial charge in [-0.25, -0.2) is 14.1 Å². The minimum absolute atomic E-state index is 0.0555. The third kappa shape index (κ3) is 4.64. The third-order valence-corrected chi connectivity index (χ3v) is 6.01. The molecule has 1 N–H and O–H groups in total. The highest BCUT2D eigenvalue weighted by atomic mass is 35.5. The zero-order valence-electron chi connectivity index (χ0n) is 20.3. The zero-order chi connectivity index (χ0) is 26.4. The second-order valence-electron chi connectivity index (χ2n) is 9.01. The average Bonchev–Trinajstić information content (AvgIpc) is 3.17. The lowest BCUT2D eigenvalue weighted by Gasteiger charge is -2.25. The van der Waals surface area contributed by atoms with Crippen LogP contribution in [0.25, 0.3) is 27.4 Å². The number of carbonyl (C=O) groups excluding carboxylic acids is 2. The van der Waals surface area contributed by atoms with E-state index < -0.39 is 17.7 Å². The molecule has 4 rings (SSSR count). The molecule has 0 saturated carbocycles. The van der Waals surface area contributed by atoms with E-state index >= 15 is 0 Å². The van der Waals surface area contributed by atoms with Crippen LogP contribution in [0.1, 0.15) is 38.2 Å². The van der Waals surface area contributed by atoms with Crippen LogP contribution in [0.15, 0.2) is 41.3 Å². The van der Waals surface area contributed by atoms with E-state index in [9.17, 15) is 14.4 Å². The van der Waals surface area contributed by atoms with Crippen molar-refractivity contribution in [2.45, 2.75) is 33.3 Å². The maximum absolute atomic E-state index is 12.8. The molecule has 0 bridgehead atoms. The van der Waals surface area contributed by atoms with E-state index in [1.807, 2.05) is 0 Å². The summed E-state index contributed by atoms with van der Waals surface area (Å²) in [5.74, 6) is -0.383. The molecule has 1 aromatic carbocycles. The summed E-state index contributed by atoms with van der Waals surface area (Å²) < 4.78 is 12.0. The number of H-pyrrole nitrogens is 1. The Labute approximate surface area is 216 Å². The number of anilines is 1. The Morgan fingerprint density at radius 3 is 2.53 bits per heavy atom. The van der Waals surface area contributed by atoms with E-state index in [-0.39, 0.29) is 22.9 Å². The van der Waals surface area contributed by atoms with Crippen LogP contribution in [-0.4, -0.2) is 45.9 Å². The van der Waals surface area contributed by atoms with E-state index in [1.165, 1.54) is 22.7 Å². The van der Waals surface area contributed by atoms with Crippen LogP contribution in [0.5, 0.6) is 0 Å². The molecule has 9 nitrogen and oxygen atoms in total. The van der Waals surface area contributed by atoms with Gasteiger partial charge in [0.2, 0.25) is 0 Å². The number of hydrogen-bond donors (Lipinski definition) is 1. The first-order valence-corrected chi connectivity index (χ1v) is 11.8. The predicted octanol–water partition coefficient (Wildman–Crippen LogP) is 5.70. The maximum atomic E-state index is 12.8. The normalized spacial score (nSPS) is 11.6. The molecule has 11 heteroatoms. The Morgan fingerprint density at radius 2 is 1.86 bits per heavy atom. The van der Waals surface area contributed by atoms with Gasteiger partial charge in [0.05, 0.1) is 17.1 Å². The van der Waals surface area contributed by atoms with Crippen molar-refractivity contribution in [1.82, 2.24) is 14.6 Å². The van der Waals surface area contributed by atoms with E-state index in [4.69, 9.17) is 32.7 Å². The predicted molar refractivity (Wildman–Crippen MR) is 139 cm³/mol. The summed E-state index contributed by atoms with van der Waals surface area (Å²) in [6.07, 6.45) is 0.812. The highest BCUT2D eigenvalue weighted by Crippen LogP contribution is 2.37. The van der Waals surface area contributed by atoms with Gasteiger partial charge in [0.15, 0.2) is 5.69 Å². The first kappa shape index (κ1) is 25.5. The molecule has 0 aliphatic rings. The van der Waals surface area contributed by atoms with Crippen molar-refractivity contribution in [1.29, 1.82) is 0 Å². The Hall–Kier alpha value is -3.56. The number of carbonyl (C=O) groups is 2. The highest BCUT2D eigenvalue weighted by molar-refractivity contribution is 6.37. The van der Waals surface area contributed by atoms with Crippen LogP contribution in [0.4, 0.5) is 10.6 Å². The summed E-state index contributed by atoms with van der Waals surface area (Å²) in [6.45, 7) is 7.10. The van der Waals surface area contributed by atoms with Crippen LogP contribution in [0.3, 0.4) is 0 Å². The monoisotopic (exact) mass is 530 g/mol. The van der Waals surface area contributed by atoms with Crippen molar-refractivity contribution < 1.29 is 19.1 Å². The number of hydrogen-bond acceptors (Lipinski definition) is 6. The van der Waals surface area contributed by atoms with Crippen molar-refractivity contribution in [2.24, 2.45) is 0 Å². The van der Waals surface area contributed by atoms with Gasteiger partial charge in [0.1, 0.15) is 16.4 Å². The molecule has 0 saturated heterocycles. The number of halogens is 2. The number of esters is 1. The molecule has 36 heavy (non-hydrogen) atoms. The first-order chi connectivity index (χ1) is 16.9. The zero-order valence-corrected chi connectivity index (χ0v) is 21.8. The largest absolute Gasteiger partial charge is 0.461 e. The molecule has 0 fully saturated rings. The molecular formula is C25H24Cl2N4O5. The van der Waals surface area contributed by atoms with Gasteiger partial charge in [0.25, 0.3) is 5.56 Å². The minimum atomic E-state index is -0.718. The van der Waals surface area contributed by atoms with Crippen molar-refractivity contribution in [3.05, 3.63) is 62.6 Å². The number of nitrogens with zero attached hydrogens (tertiary/aromatic N) is 3. The lowest BCUT2D eigenvalue weighted by molar-refractivity contribution is 0.0518. The van der Waals surface area contributed by atoms with Crippen LogP contribution in [-0.2, 0) is 9.47 Å². The van der Waals surface area contributed by atoms with Crippen molar-refractivity contribution in [3.63, 3.8) is 0 Å². The topological polar surface area (TPSA) is 106 Å². The number of ether oxygens (including phenoxy) is 2. The SMILES string of the molecule is CCOC(=O)c1nn2c(N(C)C(=O)OC(C)(C)C)ccc(-c3ccc4c(=O)[nH]cc(Cl)c4c3)c2c1Cl. The summed E-state index contributed by atoms with van der Waals surface area (Å²) in [5, 5.41) is 5.79. The lowest BCUT2D eigenvalue weighted by atomic mass is 10.0. The van der Waals surface area contributed by atoms with Gasteiger partial charge in [-0.15, -0.1) is 0 Å². The number of benzene rings is 1. The molecule has 188 valence electrons. The highest BCUT2D eigenvalue weighted by Gasteiger charge is 2.27. The molecule has 0 aliphatic carbocycles. The Kier molecular flexibility index (Phi) is 6.72. The smallest absolute Gasteiger partial charge is 0.415 e. The third-order valence-electron chi connectivity index (χ3n) is 5.34. The summed E-state index contributed by atoms with van der Waals surface area (Å²) in [4.78, 5) is 41.5. The molecule has 0 aliphatic heterocycles. The lowest BCUT2D eigenvalue weighted by Crippen LogP contribution is -2.35. The number of aromatic nitrogens is 3. The molecule has 0 atom stereocenters. The molecule has 3 heterocycles. The fourth-order valence-electron chi connectivity index (χ4n) is 3.74. The Balaban J connectivity index is 1.97. The molecule has 0 spiro atoms. The number of fused-ring (bicyclic) bond motifs is 2. The summed E-state index contributed by atoms with van der Waals surface area (Å²) in [5.41, 5.74) is 0.552. The van der Waals surface area contributed by atoms with Gasteiger partial charge >= 0.3 is 12.1 Å². The summed E-state index contributed by atoms with van der Waals surface area (Å²) in [7, 11) is 1.53. The van der Waals surface area contributed by atoms with E-state index in [1.54, 1.807) is 58.0 Å². The number of amides is 1. The van der Waals surface area contributed by atoms with Crippen LogP contribution >= 0.6 is 23.2 Å². The van der Waals surface area contributed by atoms with Gasteiger partial charge in [0, 0.05) is 29.6 Å². The molecule has 0 unspecified atom stereocenters. The number of nitrogens with one attached hydrogen (secondary N) is 1. The van der Waals surface area contributed by atoms with Crippen molar-refractivity contribution in [2.75, 3.05) is 18.6 Å². The second-order valence-corrected chi connectivity index (χ2v) is 9.80. The van der Waals surface area contributed by atoms with Crippen molar-refractivity contribution in [3.8, 4) is 11.1 Å². The van der Waals surface area contributed by atoms with Gasteiger partial charge in [-0.3, -0.25) is 9.69 Å². The van der Waals surface area contributed by atoms with Gasteiger partial charge < -0.3 is 14.5 Å². The Bertz CT molecular complexity index is 1570. The first-order valence-electron chi connectivity index (χ1n) is 11.1.